The topological polar surface area (TPSA) is 0 Å². The van der Waals surface area contributed by atoms with Crippen LogP contribution in [0, 0.1) is 5.41 Å². The highest BCUT2D eigenvalue weighted by molar-refractivity contribution is 5.29. The maximum absolute atomic E-state index is 3.69. The molecule has 0 saturated heterocycles. The first-order valence-electron chi connectivity index (χ1n) is 4.42. The van der Waals surface area contributed by atoms with E-state index in [9.17, 15) is 0 Å². The Morgan fingerprint density at radius 2 is 1.92 bits per heavy atom. The van der Waals surface area contributed by atoms with Crippen molar-refractivity contribution in [2.45, 2.75) is 19.8 Å². The van der Waals surface area contributed by atoms with E-state index in [-0.39, 0.29) is 5.41 Å². The van der Waals surface area contributed by atoms with Crippen molar-refractivity contribution in [3.8, 4) is 0 Å². The predicted octanol–water partition coefficient (Wildman–Crippen LogP) is 3.64. The van der Waals surface area contributed by atoms with E-state index < -0.39 is 0 Å². The fraction of sp³-hybridized carbons (Fsp3) is 0.333. The summed E-state index contributed by atoms with van der Waals surface area (Å²) < 4.78 is 0. The van der Waals surface area contributed by atoms with Crippen LogP contribution in [0.1, 0.15) is 19.8 Å². The zero-order valence-corrected chi connectivity index (χ0v) is 7.66. The smallest absolute Gasteiger partial charge is 0.0219 e. The molecule has 0 fully saturated rings. The molecule has 1 aliphatic rings. The summed E-state index contributed by atoms with van der Waals surface area (Å²) in [5, 5.41) is 0. The molecule has 64 valence electrons. The van der Waals surface area contributed by atoms with Crippen molar-refractivity contribution in [3.05, 3.63) is 49.1 Å². The van der Waals surface area contributed by atoms with Crippen molar-refractivity contribution in [2.75, 3.05) is 0 Å². The van der Waals surface area contributed by atoms with Gasteiger partial charge in [0.05, 0.1) is 0 Å². The van der Waals surface area contributed by atoms with Crippen molar-refractivity contribution in [2.24, 2.45) is 5.41 Å². The SMILES string of the molecule is C=CCCC=CC1(C)C=CC=C1. The highest BCUT2D eigenvalue weighted by Gasteiger charge is 2.14. The lowest BCUT2D eigenvalue weighted by atomic mass is 9.92. The van der Waals surface area contributed by atoms with Gasteiger partial charge < -0.3 is 0 Å². The van der Waals surface area contributed by atoms with Crippen LogP contribution in [-0.2, 0) is 0 Å². The molecular weight excluding hydrogens is 144 g/mol. The third-order valence-corrected chi connectivity index (χ3v) is 2.04. The summed E-state index contributed by atoms with van der Waals surface area (Å²) in [6.07, 6.45) is 17.2. The second kappa shape index (κ2) is 4.10. The van der Waals surface area contributed by atoms with Crippen LogP contribution in [0.2, 0.25) is 0 Å². The lowest BCUT2D eigenvalue weighted by Crippen LogP contribution is -2.01. The summed E-state index contributed by atoms with van der Waals surface area (Å²) in [4.78, 5) is 0. The number of allylic oxidation sites excluding steroid dienone is 7. The summed E-state index contributed by atoms with van der Waals surface area (Å²) in [7, 11) is 0. The summed E-state index contributed by atoms with van der Waals surface area (Å²) in [5.74, 6) is 0. The van der Waals surface area contributed by atoms with Crippen molar-refractivity contribution in [3.63, 3.8) is 0 Å². The maximum atomic E-state index is 3.69. The van der Waals surface area contributed by atoms with E-state index in [2.05, 4.69) is 50.0 Å². The standard InChI is InChI=1S/C12H16/c1-3-4-5-6-9-12(2)10-7-8-11-12/h3,6-11H,1,4-5H2,2H3. The minimum atomic E-state index is 0.168. The number of unbranched alkanes of at least 4 members (excludes halogenated alkanes) is 1. The molecule has 0 nitrogen and oxygen atoms in total. The van der Waals surface area contributed by atoms with Crippen LogP contribution in [0.15, 0.2) is 49.1 Å². The average molecular weight is 160 g/mol. The predicted molar refractivity (Wildman–Crippen MR) is 55.0 cm³/mol. The Kier molecular flexibility index (Phi) is 3.09. The van der Waals surface area contributed by atoms with Crippen LogP contribution in [0.4, 0.5) is 0 Å². The molecule has 0 aromatic heterocycles. The zero-order valence-electron chi connectivity index (χ0n) is 7.66. The highest BCUT2D eigenvalue weighted by atomic mass is 14.2. The summed E-state index contributed by atoms with van der Waals surface area (Å²) >= 11 is 0. The van der Waals surface area contributed by atoms with Gasteiger partial charge in [-0.1, -0.05) is 42.5 Å². The fourth-order valence-electron chi connectivity index (χ4n) is 1.24. The first-order valence-corrected chi connectivity index (χ1v) is 4.42. The van der Waals surface area contributed by atoms with Gasteiger partial charge in [0.1, 0.15) is 0 Å². The third kappa shape index (κ3) is 2.54. The summed E-state index contributed by atoms with van der Waals surface area (Å²) in [5.41, 5.74) is 0.168. The van der Waals surface area contributed by atoms with E-state index in [1.54, 1.807) is 0 Å². The fourth-order valence-corrected chi connectivity index (χ4v) is 1.24. The van der Waals surface area contributed by atoms with Crippen molar-refractivity contribution in [1.29, 1.82) is 0 Å². The molecule has 0 radical (unpaired) electrons. The van der Waals surface area contributed by atoms with E-state index in [0.717, 1.165) is 12.8 Å². The number of hydrogen-bond donors (Lipinski definition) is 0. The van der Waals surface area contributed by atoms with Gasteiger partial charge in [0, 0.05) is 5.41 Å². The second-order valence-corrected chi connectivity index (χ2v) is 3.35. The van der Waals surface area contributed by atoms with Crippen molar-refractivity contribution < 1.29 is 0 Å². The van der Waals surface area contributed by atoms with Crippen LogP contribution < -0.4 is 0 Å². The van der Waals surface area contributed by atoms with E-state index in [1.807, 2.05) is 6.08 Å². The zero-order chi connectivity index (χ0) is 8.86. The Morgan fingerprint density at radius 1 is 1.25 bits per heavy atom. The molecule has 0 spiro atoms. The number of rotatable bonds is 4. The molecule has 1 aliphatic carbocycles. The van der Waals surface area contributed by atoms with Crippen LogP contribution in [0.3, 0.4) is 0 Å². The first-order chi connectivity index (χ1) is 5.77. The highest BCUT2D eigenvalue weighted by Crippen LogP contribution is 2.26. The van der Waals surface area contributed by atoms with E-state index >= 15 is 0 Å². The molecule has 0 bridgehead atoms. The Hall–Kier alpha value is -1.04. The van der Waals surface area contributed by atoms with Crippen LogP contribution >= 0.6 is 0 Å². The molecule has 12 heavy (non-hydrogen) atoms. The number of hydrogen-bond acceptors (Lipinski definition) is 0. The van der Waals surface area contributed by atoms with Gasteiger partial charge in [-0.05, 0) is 19.8 Å². The third-order valence-electron chi connectivity index (χ3n) is 2.04. The Bertz CT molecular complexity index is 216. The lowest BCUT2D eigenvalue weighted by Gasteiger charge is -2.12. The van der Waals surface area contributed by atoms with Crippen LogP contribution in [0.5, 0.6) is 0 Å². The maximum Gasteiger partial charge on any atom is 0.0219 e. The molecular formula is C12H16. The average Bonchev–Trinajstić information content (AvgIpc) is 2.47. The van der Waals surface area contributed by atoms with Gasteiger partial charge in [-0.2, -0.15) is 0 Å². The van der Waals surface area contributed by atoms with Gasteiger partial charge >= 0.3 is 0 Å². The molecule has 0 aromatic carbocycles. The molecule has 0 saturated carbocycles. The lowest BCUT2D eigenvalue weighted by molar-refractivity contribution is 0.724. The minimum Gasteiger partial charge on any atom is -0.103 e. The molecule has 0 amide bonds. The second-order valence-electron chi connectivity index (χ2n) is 3.35. The first kappa shape index (κ1) is 9.05. The monoisotopic (exact) mass is 160 g/mol. The molecule has 0 heterocycles. The molecule has 1 rings (SSSR count). The molecule has 0 heteroatoms. The van der Waals surface area contributed by atoms with Crippen LogP contribution in [0.25, 0.3) is 0 Å². The van der Waals surface area contributed by atoms with Gasteiger partial charge in [-0.25, -0.2) is 0 Å². The normalized spacial score (nSPS) is 19.1. The molecule has 0 atom stereocenters. The van der Waals surface area contributed by atoms with Gasteiger partial charge in [0.15, 0.2) is 0 Å². The quantitative estimate of drug-likeness (QED) is 0.435. The van der Waals surface area contributed by atoms with E-state index in [1.165, 1.54) is 0 Å². The van der Waals surface area contributed by atoms with Gasteiger partial charge in [0.2, 0.25) is 0 Å². The van der Waals surface area contributed by atoms with Gasteiger partial charge in [-0.3, -0.25) is 0 Å². The van der Waals surface area contributed by atoms with E-state index in [4.69, 9.17) is 0 Å². The Balaban J connectivity index is 2.39. The molecule has 0 unspecified atom stereocenters. The Labute approximate surface area is 75.0 Å². The van der Waals surface area contributed by atoms with Gasteiger partial charge in [0.25, 0.3) is 0 Å². The molecule has 0 N–H and O–H groups in total. The van der Waals surface area contributed by atoms with Gasteiger partial charge in [-0.15, -0.1) is 6.58 Å². The van der Waals surface area contributed by atoms with E-state index in [0.29, 0.717) is 0 Å². The molecule has 0 aliphatic heterocycles. The minimum absolute atomic E-state index is 0.168. The largest absolute Gasteiger partial charge is 0.103 e. The summed E-state index contributed by atoms with van der Waals surface area (Å²) in [6, 6.07) is 0. The van der Waals surface area contributed by atoms with Crippen LogP contribution in [-0.4, -0.2) is 0 Å². The molecule has 0 aromatic rings. The summed E-state index contributed by atoms with van der Waals surface area (Å²) in [6.45, 7) is 5.89. The Morgan fingerprint density at radius 3 is 2.50 bits per heavy atom. The van der Waals surface area contributed by atoms with Crippen molar-refractivity contribution >= 4 is 0 Å². The van der Waals surface area contributed by atoms with Crippen molar-refractivity contribution in [1.82, 2.24) is 0 Å².